The van der Waals surface area contributed by atoms with Gasteiger partial charge in [-0.25, -0.2) is 4.98 Å². The minimum Gasteiger partial charge on any atom is -0.351 e. The molecule has 0 aliphatic carbocycles. The van der Waals surface area contributed by atoms with Crippen molar-refractivity contribution in [2.75, 3.05) is 0 Å². The average Bonchev–Trinajstić information content (AvgIpc) is 2.83. The molecule has 0 atom stereocenters. The van der Waals surface area contributed by atoms with E-state index in [2.05, 4.69) is 34.6 Å². The minimum atomic E-state index is -0.191. The zero-order valence-corrected chi connectivity index (χ0v) is 13.7. The highest BCUT2D eigenvalue weighted by Gasteiger charge is 2.15. The summed E-state index contributed by atoms with van der Waals surface area (Å²) in [5.74, 6) is 0.0300. The number of thiazole rings is 1. The number of benzene rings is 1. The summed E-state index contributed by atoms with van der Waals surface area (Å²) in [6.07, 6.45) is 2.27. The second-order valence-corrected chi connectivity index (χ2v) is 7.14. The molecule has 0 spiro atoms. The van der Waals surface area contributed by atoms with Crippen LogP contribution in [0.15, 0.2) is 35.7 Å². The summed E-state index contributed by atoms with van der Waals surface area (Å²) in [6.45, 7) is 5.95. The van der Waals surface area contributed by atoms with Crippen LogP contribution in [0.1, 0.15) is 37.0 Å². The topological polar surface area (TPSA) is 42.0 Å². The highest BCUT2D eigenvalue weighted by molar-refractivity contribution is 7.09. The van der Waals surface area contributed by atoms with Gasteiger partial charge < -0.3 is 5.32 Å². The lowest BCUT2D eigenvalue weighted by Gasteiger charge is -2.20. The van der Waals surface area contributed by atoms with Gasteiger partial charge in [0.15, 0.2) is 0 Å². The molecule has 21 heavy (non-hydrogen) atoms. The molecule has 0 aliphatic heterocycles. The minimum absolute atomic E-state index is 0.0300. The number of carbonyl (C=O) groups is 1. The number of carbonyl (C=O) groups excluding carboxylic acids is 1. The molecule has 1 aromatic carbocycles. The van der Waals surface area contributed by atoms with Gasteiger partial charge in [0.05, 0.1) is 17.1 Å². The van der Waals surface area contributed by atoms with E-state index in [-0.39, 0.29) is 11.4 Å². The summed E-state index contributed by atoms with van der Waals surface area (Å²) in [5.41, 5.74) is 1.99. The van der Waals surface area contributed by atoms with Crippen molar-refractivity contribution in [3.8, 4) is 0 Å². The molecule has 112 valence electrons. The number of aryl methyl sites for hydroxylation is 2. The lowest BCUT2D eigenvalue weighted by atomic mass is 10.1. The smallest absolute Gasteiger partial charge is 0.226 e. The molecule has 0 saturated carbocycles. The Labute approximate surface area is 130 Å². The van der Waals surface area contributed by atoms with Crippen molar-refractivity contribution >= 4 is 17.2 Å². The molecule has 1 N–H and O–H groups in total. The van der Waals surface area contributed by atoms with E-state index in [1.807, 2.05) is 32.2 Å². The van der Waals surface area contributed by atoms with E-state index in [1.165, 1.54) is 5.56 Å². The largest absolute Gasteiger partial charge is 0.351 e. The highest BCUT2D eigenvalue weighted by atomic mass is 32.1. The molecule has 3 nitrogen and oxygen atoms in total. The highest BCUT2D eigenvalue weighted by Crippen LogP contribution is 2.14. The number of nitrogens with one attached hydrogen (secondary N) is 1. The van der Waals surface area contributed by atoms with Crippen LogP contribution in [0.25, 0.3) is 0 Å². The first-order chi connectivity index (χ1) is 9.92. The molecule has 1 amide bonds. The van der Waals surface area contributed by atoms with Crippen molar-refractivity contribution in [1.82, 2.24) is 10.3 Å². The van der Waals surface area contributed by atoms with Crippen LogP contribution in [-0.4, -0.2) is 16.4 Å². The summed E-state index contributed by atoms with van der Waals surface area (Å²) in [4.78, 5) is 16.4. The van der Waals surface area contributed by atoms with Gasteiger partial charge in [-0.3, -0.25) is 4.79 Å². The van der Waals surface area contributed by atoms with Crippen LogP contribution in [0, 0.1) is 0 Å². The molecule has 2 aromatic rings. The maximum atomic E-state index is 11.9. The lowest BCUT2D eigenvalue weighted by molar-refractivity contribution is -0.121. The molecule has 0 saturated heterocycles. The van der Waals surface area contributed by atoms with E-state index in [0.29, 0.717) is 6.42 Å². The van der Waals surface area contributed by atoms with Crippen molar-refractivity contribution in [2.24, 2.45) is 0 Å². The predicted molar refractivity (Wildman–Crippen MR) is 87.6 cm³/mol. The fourth-order valence-electron chi connectivity index (χ4n) is 2.07. The molecule has 0 unspecified atom stereocenters. The Morgan fingerprint density at radius 2 is 1.90 bits per heavy atom. The van der Waals surface area contributed by atoms with Gasteiger partial charge in [-0.1, -0.05) is 30.3 Å². The Morgan fingerprint density at radius 3 is 2.57 bits per heavy atom. The monoisotopic (exact) mass is 302 g/mol. The zero-order valence-electron chi connectivity index (χ0n) is 12.8. The normalized spacial score (nSPS) is 11.4. The molecule has 0 bridgehead atoms. The Morgan fingerprint density at radius 1 is 1.19 bits per heavy atom. The second-order valence-electron chi connectivity index (χ2n) is 6.19. The van der Waals surface area contributed by atoms with Crippen LogP contribution in [0.3, 0.4) is 0 Å². The van der Waals surface area contributed by atoms with E-state index in [0.717, 1.165) is 23.5 Å². The Bertz CT molecular complexity index is 584. The van der Waals surface area contributed by atoms with Crippen molar-refractivity contribution in [1.29, 1.82) is 0 Å². The quantitative estimate of drug-likeness (QED) is 0.920. The Kier molecular flexibility index (Phi) is 5.12. The number of amides is 1. The van der Waals surface area contributed by atoms with Crippen LogP contribution in [0.2, 0.25) is 0 Å². The van der Waals surface area contributed by atoms with Gasteiger partial charge in [0.2, 0.25) is 5.91 Å². The molecule has 0 fully saturated rings. The maximum absolute atomic E-state index is 11.9. The van der Waals surface area contributed by atoms with E-state index in [1.54, 1.807) is 11.3 Å². The molecule has 4 heteroatoms. The third kappa shape index (κ3) is 5.68. The second kappa shape index (κ2) is 6.85. The van der Waals surface area contributed by atoms with Gasteiger partial charge >= 0.3 is 0 Å². The first-order valence-electron chi connectivity index (χ1n) is 7.20. The van der Waals surface area contributed by atoms with Crippen LogP contribution in [-0.2, 0) is 24.1 Å². The average molecular weight is 302 g/mol. The Balaban J connectivity index is 1.85. The standard InChI is InChI=1S/C17H22N2OS/c1-17(2,3)19-15(20)11-14-12-21-16(18-14)10-9-13-7-5-4-6-8-13/h4-8,12H,9-11H2,1-3H3,(H,19,20). The van der Waals surface area contributed by atoms with E-state index >= 15 is 0 Å². The SMILES string of the molecule is CC(C)(C)NC(=O)Cc1csc(CCc2ccccc2)n1. The lowest BCUT2D eigenvalue weighted by Crippen LogP contribution is -2.41. The van der Waals surface area contributed by atoms with Gasteiger partial charge in [-0.15, -0.1) is 11.3 Å². The van der Waals surface area contributed by atoms with Gasteiger partial charge in [-0.05, 0) is 32.8 Å². The van der Waals surface area contributed by atoms with Crippen LogP contribution >= 0.6 is 11.3 Å². The predicted octanol–water partition coefficient (Wildman–Crippen LogP) is 3.39. The molecular weight excluding hydrogens is 280 g/mol. The summed E-state index contributed by atoms with van der Waals surface area (Å²) >= 11 is 1.64. The summed E-state index contributed by atoms with van der Waals surface area (Å²) < 4.78 is 0. The first kappa shape index (κ1) is 15.7. The number of hydrogen-bond donors (Lipinski definition) is 1. The maximum Gasteiger partial charge on any atom is 0.226 e. The Hall–Kier alpha value is -1.68. The molecule has 2 rings (SSSR count). The fourth-order valence-corrected chi connectivity index (χ4v) is 2.87. The number of rotatable bonds is 5. The molecule has 0 radical (unpaired) electrons. The fraction of sp³-hybridized carbons (Fsp3) is 0.412. The first-order valence-corrected chi connectivity index (χ1v) is 8.08. The van der Waals surface area contributed by atoms with Gasteiger partial charge in [0.25, 0.3) is 0 Å². The van der Waals surface area contributed by atoms with Gasteiger partial charge in [-0.2, -0.15) is 0 Å². The molecule has 1 aromatic heterocycles. The summed E-state index contributed by atoms with van der Waals surface area (Å²) in [7, 11) is 0. The van der Waals surface area contributed by atoms with E-state index < -0.39 is 0 Å². The number of aromatic nitrogens is 1. The zero-order chi connectivity index (χ0) is 15.3. The van der Waals surface area contributed by atoms with Crippen LogP contribution in [0.4, 0.5) is 0 Å². The van der Waals surface area contributed by atoms with Crippen molar-refractivity contribution < 1.29 is 4.79 Å². The third-order valence-electron chi connectivity index (χ3n) is 2.93. The van der Waals surface area contributed by atoms with Crippen molar-refractivity contribution in [3.05, 3.63) is 52.0 Å². The molecule has 0 aliphatic rings. The van der Waals surface area contributed by atoms with Crippen LogP contribution in [0.5, 0.6) is 0 Å². The van der Waals surface area contributed by atoms with Gasteiger partial charge in [0.1, 0.15) is 0 Å². The van der Waals surface area contributed by atoms with Crippen LogP contribution < -0.4 is 5.32 Å². The number of hydrogen-bond acceptors (Lipinski definition) is 3. The molecule has 1 heterocycles. The van der Waals surface area contributed by atoms with E-state index in [4.69, 9.17) is 0 Å². The molecular formula is C17H22N2OS. The van der Waals surface area contributed by atoms with Crippen molar-refractivity contribution in [3.63, 3.8) is 0 Å². The van der Waals surface area contributed by atoms with E-state index in [9.17, 15) is 4.79 Å². The summed E-state index contributed by atoms with van der Waals surface area (Å²) in [5, 5.41) is 6.04. The van der Waals surface area contributed by atoms with Gasteiger partial charge in [0, 0.05) is 17.3 Å². The number of nitrogens with zero attached hydrogens (tertiary/aromatic N) is 1. The third-order valence-corrected chi connectivity index (χ3v) is 3.88. The summed E-state index contributed by atoms with van der Waals surface area (Å²) in [6, 6.07) is 10.4. The van der Waals surface area contributed by atoms with Crippen molar-refractivity contribution in [2.45, 2.75) is 45.6 Å².